The predicted octanol–water partition coefficient (Wildman–Crippen LogP) is 5.37. The zero-order valence-corrected chi connectivity index (χ0v) is 21.1. The van der Waals surface area contributed by atoms with Crippen LogP contribution in [0.5, 0.6) is 0 Å². The van der Waals surface area contributed by atoms with Crippen LogP contribution in [0.4, 0.5) is 4.79 Å². The molecule has 0 bridgehead atoms. The summed E-state index contributed by atoms with van der Waals surface area (Å²) in [6.45, 7) is 8.24. The molecule has 2 aromatic carbocycles. The Balaban J connectivity index is 2.05. The first-order chi connectivity index (χ1) is 16.1. The first-order valence-corrected chi connectivity index (χ1v) is 12.1. The van der Waals surface area contributed by atoms with Crippen LogP contribution in [-0.4, -0.2) is 53.8 Å². The summed E-state index contributed by atoms with van der Waals surface area (Å²) < 4.78 is 11.6. The van der Waals surface area contributed by atoms with Crippen molar-refractivity contribution in [3.8, 4) is 11.1 Å². The normalized spacial score (nSPS) is 18.3. The summed E-state index contributed by atoms with van der Waals surface area (Å²) in [7, 11) is 0. The Morgan fingerprint density at radius 3 is 2.68 bits per heavy atom. The van der Waals surface area contributed by atoms with Gasteiger partial charge in [0.25, 0.3) is 0 Å². The first kappa shape index (κ1) is 26.2. The van der Waals surface area contributed by atoms with E-state index in [0.29, 0.717) is 22.7 Å². The van der Waals surface area contributed by atoms with E-state index in [1.807, 2.05) is 45.0 Å². The van der Waals surface area contributed by atoms with Crippen LogP contribution in [0.1, 0.15) is 51.7 Å². The van der Waals surface area contributed by atoms with E-state index in [0.717, 1.165) is 23.8 Å². The van der Waals surface area contributed by atoms with Gasteiger partial charge in [-0.15, -0.1) is 0 Å². The molecule has 0 radical (unpaired) electrons. The molecule has 0 saturated carbocycles. The molecule has 1 aliphatic rings. The van der Waals surface area contributed by atoms with Gasteiger partial charge in [-0.05, 0) is 56.4 Å². The lowest BCUT2D eigenvalue weighted by molar-refractivity contribution is -0.151. The summed E-state index contributed by atoms with van der Waals surface area (Å²) in [5.74, 6) is 0. The van der Waals surface area contributed by atoms with E-state index in [-0.39, 0.29) is 26.0 Å². The third-order valence-corrected chi connectivity index (χ3v) is 6.31. The molecule has 3 rings (SSSR count). The van der Waals surface area contributed by atoms with E-state index in [4.69, 9.17) is 21.1 Å². The zero-order chi connectivity index (χ0) is 24.9. The van der Waals surface area contributed by atoms with Crippen LogP contribution in [0.3, 0.4) is 0 Å². The number of carbonyl (C=O) groups is 2. The number of halogens is 1. The highest BCUT2D eigenvalue weighted by Crippen LogP contribution is 2.42. The van der Waals surface area contributed by atoms with E-state index in [1.165, 1.54) is 0 Å². The van der Waals surface area contributed by atoms with E-state index < -0.39 is 23.4 Å². The van der Waals surface area contributed by atoms with Crippen molar-refractivity contribution >= 4 is 24.0 Å². The minimum atomic E-state index is -1.55. The molecule has 2 aromatic rings. The molecule has 0 aliphatic carbocycles. The van der Waals surface area contributed by atoms with Gasteiger partial charge in [0.05, 0.1) is 13.2 Å². The van der Waals surface area contributed by atoms with Crippen LogP contribution in [0.15, 0.2) is 42.5 Å². The van der Waals surface area contributed by atoms with Gasteiger partial charge in [0.15, 0.2) is 0 Å². The van der Waals surface area contributed by atoms with Crippen molar-refractivity contribution in [1.29, 1.82) is 0 Å². The average molecular weight is 488 g/mol. The fourth-order valence-electron chi connectivity index (χ4n) is 4.30. The van der Waals surface area contributed by atoms with Crippen molar-refractivity contribution in [2.75, 3.05) is 19.7 Å². The molecule has 6 nitrogen and oxygen atoms in total. The second kappa shape index (κ2) is 10.9. The maximum atomic E-state index is 12.7. The van der Waals surface area contributed by atoms with Crippen molar-refractivity contribution in [1.82, 2.24) is 4.90 Å². The van der Waals surface area contributed by atoms with Gasteiger partial charge >= 0.3 is 6.09 Å². The minimum Gasteiger partial charge on any atom is -0.444 e. The van der Waals surface area contributed by atoms with Gasteiger partial charge in [-0.2, -0.15) is 0 Å². The van der Waals surface area contributed by atoms with E-state index in [9.17, 15) is 14.7 Å². The van der Waals surface area contributed by atoms with Gasteiger partial charge in [-0.1, -0.05) is 54.9 Å². The number of nitrogens with zero attached hydrogens (tertiary/aromatic N) is 1. The first-order valence-electron chi connectivity index (χ1n) is 11.7. The number of aldehydes is 1. The van der Waals surface area contributed by atoms with Crippen LogP contribution < -0.4 is 0 Å². The fraction of sp³-hybridized carbons (Fsp3) is 0.481. The lowest BCUT2D eigenvalue weighted by atomic mass is 9.79. The maximum absolute atomic E-state index is 12.7. The van der Waals surface area contributed by atoms with Gasteiger partial charge in [0.2, 0.25) is 0 Å². The molecule has 34 heavy (non-hydrogen) atoms. The number of ether oxygens (including phenoxy) is 2. The maximum Gasteiger partial charge on any atom is 0.410 e. The monoisotopic (exact) mass is 487 g/mol. The van der Waals surface area contributed by atoms with Crippen molar-refractivity contribution < 1.29 is 24.2 Å². The Morgan fingerprint density at radius 1 is 1.26 bits per heavy atom. The lowest BCUT2D eigenvalue weighted by Crippen LogP contribution is -2.55. The van der Waals surface area contributed by atoms with Crippen LogP contribution >= 0.6 is 11.6 Å². The van der Waals surface area contributed by atoms with Crippen molar-refractivity contribution in [3.05, 3.63) is 58.6 Å². The Morgan fingerprint density at radius 2 is 2.00 bits per heavy atom. The summed E-state index contributed by atoms with van der Waals surface area (Å²) in [6.07, 6.45) is 0.676. The Hall–Kier alpha value is -2.41. The Kier molecular flexibility index (Phi) is 8.39. The molecule has 1 N–H and O–H groups in total. The molecule has 1 aliphatic heterocycles. The zero-order valence-electron chi connectivity index (χ0n) is 20.3. The quantitative estimate of drug-likeness (QED) is 0.531. The molecule has 0 aromatic heterocycles. The van der Waals surface area contributed by atoms with Gasteiger partial charge < -0.3 is 24.3 Å². The van der Waals surface area contributed by atoms with E-state index in [2.05, 4.69) is 13.0 Å². The molecular weight excluding hydrogens is 454 g/mol. The Bertz CT molecular complexity index is 1020. The SMILES string of the molecule is CCc1cccc(-c2c(Cl)cccc2[C@](O)(CCC=O)[C@H]2CN(C(=O)OC(C)(C)C)CCO2)c1. The second-order valence-electron chi connectivity index (χ2n) is 9.63. The molecule has 1 saturated heterocycles. The number of benzene rings is 2. The second-order valence-corrected chi connectivity index (χ2v) is 10.0. The van der Waals surface area contributed by atoms with Crippen LogP contribution in [0.2, 0.25) is 5.02 Å². The highest BCUT2D eigenvalue weighted by atomic mass is 35.5. The van der Waals surface area contributed by atoms with Crippen molar-refractivity contribution in [3.63, 3.8) is 0 Å². The third kappa shape index (κ3) is 5.98. The van der Waals surface area contributed by atoms with Crippen LogP contribution in [0.25, 0.3) is 11.1 Å². The standard InChI is InChI=1S/C27H34ClNO5/c1-5-19-9-6-10-20(17-19)24-21(11-7-12-22(24)28)27(32,13-8-15-30)23-18-29(14-16-33-23)25(31)34-26(2,3)4/h6-7,9-12,15,17,23,32H,5,8,13-14,16,18H2,1-4H3/t23-,27-/m1/s1. The Labute approximate surface area is 206 Å². The molecule has 0 spiro atoms. The van der Waals surface area contributed by atoms with E-state index in [1.54, 1.807) is 17.0 Å². The molecule has 184 valence electrons. The fourth-order valence-corrected chi connectivity index (χ4v) is 4.59. The predicted molar refractivity (Wildman–Crippen MR) is 133 cm³/mol. The molecule has 1 amide bonds. The minimum absolute atomic E-state index is 0.129. The molecule has 0 unspecified atom stereocenters. The molecule has 1 heterocycles. The van der Waals surface area contributed by atoms with Gasteiger partial charge in [0.1, 0.15) is 23.6 Å². The van der Waals surface area contributed by atoms with Gasteiger partial charge in [0, 0.05) is 23.6 Å². The number of hydrogen-bond acceptors (Lipinski definition) is 5. The summed E-state index contributed by atoms with van der Waals surface area (Å²) in [5.41, 5.74) is 1.11. The summed E-state index contributed by atoms with van der Waals surface area (Å²) in [5, 5.41) is 12.6. The highest BCUT2D eigenvalue weighted by molar-refractivity contribution is 6.33. The van der Waals surface area contributed by atoms with Gasteiger partial charge in [-0.3, -0.25) is 0 Å². The van der Waals surface area contributed by atoms with Crippen LogP contribution in [-0.2, 0) is 26.3 Å². The topological polar surface area (TPSA) is 76.1 Å². The molecule has 2 atom stereocenters. The third-order valence-electron chi connectivity index (χ3n) is 6.00. The lowest BCUT2D eigenvalue weighted by Gasteiger charge is -2.43. The highest BCUT2D eigenvalue weighted by Gasteiger charge is 2.44. The molecule has 1 fully saturated rings. The number of aliphatic hydroxyl groups is 1. The number of carbonyl (C=O) groups excluding carboxylic acids is 2. The summed E-state index contributed by atoms with van der Waals surface area (Å²) in [6, 6.07) is 13.4. The summed E-state index contributed by atoms with van der Waals surface area (Å²) >= 11 is 6.68. The largest absolute Gasteiger partial charge is 0.444 e. The number of hydrogen-bond donors (Lipinski definition) is 1. The number of aryl methyl sites for hydroxylation is 1. The number of rotatable bonds is 7. The van der Waals surface area contributed by atoms with Gasteiger partial charge in [-0.25, -0.2) is 4.79 Å². The summed E-state index contributed by atoms with van der Waals surface area (Å²) in [4.78, 5) is 25.6. The van der Waals surface area contributed by atoms with Crippen molar-refractivity contribution in [2.45, 2.75) is 64.3 Å². The van der Waals surface area contributed by atoms with E-state index >= 15 is 0 Å². The smallest absolute Gasteiger partial charge is 0.410 e. The number of morpholine rings is 1. The van der Waals surface area contributed by atoms with Crippen molar-refractivity contribution in [2.24, 2.45) is 0 Å². The molecule has 7 heteroatoms. The average Bonchev–Trinajstić information content (AvgIpc) is 2.81. The number of amides is 1. The molecular formula is C27H34ClNO5. The van der Waals surface area contributed by atoms with Crippen LogP contribution in [0, 0.1) is 0 Å².